The molecule has 2 heterocycles. The minimum atomic E-state index is -0.243. The molecule has 1 atom stereocenters. The third kappa shape index (κ3) is 5.04. The minimum absolute atomic E-state index is 0.0678. The van der Waals surface area contributed by atoms with Crippen LogP contribution in [0.3, 0.4) is 0 Å². The SMILES string of the molecule is CC[C@H](NC(=O)c1c(CN2CCNC(=O)C2)n(-c2ccccc2)c(=O)c2ccccc12)c1ccccc1. The minimum Gasteiger partial charge on any atom is -0.354 e. The van der Waals surface area contributed by atoms with Gasteiger partial charge in [0.1, 0.15) is 0 Å². The van der Waals surface area contributed by atoms with Gasteiger partial charge < -0.3 is 10.6 Å². The van der Waals surface area contributed by atoms with Gasteiger partial charge in [-0.15, -0.1) is 0 Å². The number of nitrogens with zero attached hydrogens (tertiary/aromatic N) is 2. The van der Waals surface area contributed by atoms with E-state index in [0.717, 1.165) is 5.56 Å². The van der Waals surface area contributed by atoms with Crippen LogP contribution in [-0.4, -0.2) is 40.9 Å². The summed E-state index contributed by atoms with van der Waals surface area (Å²) in [6.45, 7) is 3.68. The van der Waals surface area contributed by atoms with Crippen molar-refractivity contribution in [2.24, 2.45) is 0 Å². The molecular formula is C30H30N4O3. The lowest BCUT2D eigenvalue weighted by Gasteiger charge is -2.29. The summed E-state index contributed by atoms with van der Waals surface area (Å²) in [6, 6.07) is 26.3. The van der Waals surface area contributed by atoms with Crippen LogP contribution in [0.5, 0.6) is 0 Å². The summed E-state index contributed by atoms with van der Waals surface area (Å²) < 4.78 is 1.63. The Bertz CT molecular complexity index is 1480. The number of amides is 2. The van der Waals surface area contributed by atoms with E-state index in [1.165, 1.54) is 0 Å². The molecule has 1 aliphatic heterocycles. The maximum absolute atomic E-state index is 14.1. The maximum Gasteiger partial charge on any atom is 0.263 e. The number of aromatic nitrogens is 1. The molecule has 0 spiro atoms. The predicted molar refractivity (Wildman–Crippen MR) is 145 cm³/mol. The first-order chi connectivity index (χ1) is 18.1. The number of hydrogen-bond acceptors (Lipinski definition) is 4. The summed E-state index contributed by atoms with van der Waals surface area (Å²) >= 11 is 0. The fraction of sp³-hybridized carbons (Fsp3) is 0.233. The second-order valence-electron chi connectivity index (χ2n) is 9.25. The lowest BCUT2D eigenvalue weighted by Crippen LogP contribution is -2.48. The molecule has 37 heavy (non-hydrogen) atoms. The Kier molecular flexibility index (Phi) is 7.14. The van der Waals surface area contributed by atoms with Crippen LogP contribution >= 0.6 is 0 Å². The van der Waals surface area contributed by atoms with E-state index in [4.69, 9.17) is 0 Å². The molecule has 0 saturated carbocycles. The van der Waals surface area contributed by atoms with Gasteiger partial charge in [0.25, 0.3) is 11.5 Å². The second kappa shape index (κ2) is 10.8. The average molecular weight is 495 g/mol. The molecule has 2 amide bonds. The Morgan fingerprint density at radius 1 is 0.919 bits per heavy atom. The zero-order chi connectivity index (χ0) is 25.8. The van der Waals surface area contributed by atoms with Crippen molar-refractivity contribution < 1.29 is 9.59 Å². The zero-order valence-electron chi connectivity index (χ0n) is 20.8. The van der Waals surface area contributed by atoms with Crippen molar-refractivity contribution in [1.29, 1.82) is 0 Å². The molecule has 0 unspecified atom stereocenters. The van der Waals surface area contributed by atoms with Crippen molar-refractivity contribution in [2.75, 3.05) is 19.6 Å². The molecule has 188 valence electrons. The number of hydrogen-bond donors (Lipinski definition) is 2. The number of benzene rings is 3. The van der Waals surface area contributed by atoms with E-state index < -0.39 is 0 Å². The Labute approximate surface area is 215 Å². The van der Waals surface area contributed by atoms with Crippen molar-refractivity contribution in [3.8, 4) is 5.69 Å². The zero-order valence-corrected chi connectivity index (χ0v) is 20.8. The monoisotopic (exact) mass is 494 g/mol. The molecule has 3 aromatic carbocycles. The van der Waals surface area contributed by atoms with Crippen LogP contribution in [0.2, 0.25) is 0 Å². The lowest BCUT2D eigenvalue weighted by atomic mass is 9.99. The van der Waals surface area contributed by atoms with Gasteiger partial charge in [-0.1, -0.05) is 73.7 Å². The summed E-state index contributed by atoms with van der Waals surface area (Å²) in [5, 5.41) is 7.15. The largest absolute Gasteiger partial charge is 0.354 e. The highest BCUT2D eigenvalue weighted by atomic mass is 16.2. The van der Waals surface area contributed by atoms with Crippen LogP contribution in [0.15, 0.2) is 89.7 Å². The normalized spacial score (nSPS) is 14.8. The molecule has 5 rings (SSSR count). The summed E-state index contributed by atoms with van der Waals surface area (Å²) in [7, 11) is 0. The van der Waals surface area contributed by atoms with Crippen LogP contribution in [0, 0.1) is 0 Å². The maximum atomic E-state index is 14.1. The van der Waals surface area contributed by atoms with Crippen molar-refractivity contribution >= 4 is 22.6 Å². The molecule has 0 radical (unpaired) electrons. The predicted octanol–water partition coefficient (Wildman–Crippen LogP) is 3.80. The first kappa shape index (κ1) is 24.5. The molecular weight excluding hydrogens is 464 g/mol. The van der Waals surface area contributed by atoms with Gasteiger partial charge in [-0.25, -0.2) is 0 Å². The number of pyridine rings is 1. The molecule has 7 nitrogen and oxygen atoms in total. The lowest BCUT2D eigenvalue weighted by molar-refractivity contribution is -0.124. The standard InChI is InChI=1S/C30H30N4O3/c1-2-25(21-11-5-3-6-12-21)32-29(36)28-23-15-9-10-16-24(23)30(37)34(22-13-7-4-8-14-22)26(28)19-33-18-17-31-27(35)20-33/h3-16,25H,2,17-20H2,1H3,(H,31,35)(H,32,36)/t25-/m0/s1. The molecule has 1 fully saturated rings. The number of carbonyl (C=O) groups is 2. The van der Waals surface area contributed by atoms with Gasteiger partial charge in [-0.2, -0.15) is 0 Å². The number of para-hydroxylation sites is 1. The fourth-order valence-electron chi connectivity index (χ4n) is 5.03. The number of carbonyl (C=O) groups excluding carboxylic acids is 2. The van der Waals surface area contributed by atoms with E-state index in [2.05, 4.69) is 10.6 Å². The van der Waals surface area contributed by atoms with E-state index in [-0.39, 0.29) is 36.5 Å². The van der Waals surface area contributed by atoms with Crippen LogP contribution in [0.4, 0.5) is 0 Å². The summed E-state index contributed by atoms with van der Waals surface area (Å²) in [6.07, 6.45) is 0.716. The highest BCUT2D eigenvalue weighted by Crippen LogP contribution is 2.26. The van der Waals surface area contributed by atoms with Gasteiger partial charge >= 0.3 is 0 Å². The number of nitrogens with one attached hydrogen (secondary N) is 2. The smallest absolute Gasteiger partial charge is 0.263 e. The van der Waals surface area contributed by atoms with Crippen LogP contribution < -0.4 is 16.2 Å². The van der Waals surface area contributed by atoms with Crippen LogP contribution in [0.1, 0.15) is 41.0 Å². The molecule has 1 aliphatic rings. The fourth-order valence-corrected chi connectivity index (χ4v) is 5.03. The Morgan fingerprint density at radius 3 is 2.24 bits per heavy atom. The molecule has 1 saturated heterocycles. The van der Waals surface area contributed by atoms with Gasteiger partial charge in [0.2, 0.25) is 5.91 Å². The van der Waals surface area contributed by atoms with Crippen molar-refractivity contribution in [2.45, 2.75) is 25.9 Å². The van der Waals surface area contributed by atoms with Crippen molar-refractivity contribution in [1.82, 2.24) is 20.1 Å². The Hall–Kier alpha value is -4.23. The van der Waals surface area contributed by atoms with E-state index in [0.29, 0.717) is 47.2 Å². The molecule has 0 bridgehead atoms. The Morgan fingerprint density at radius 2 is 1.57 bits per heavy atom. The van der Waals surface area contributed by atoms with Gasteiger partial charge in [-0.05, 0) is 30.2 Å². The number of rotatable bonds is 7. The summed E-state index contributed by atoms with van der Waals surface area (Å²) in [5.41, 5.74) is 2.54. The molecule has 1 aromatic heterocycles. The molecule has 4 aromatic rings. The van der Waals surface area contributed by atoms with E-state index in [1.807, 2.05) is 90.7 Å². The quantitative estimate of drug-likeness (QED) is 0.409. The van der Waals surface area contributed by atoms with E-state index in [1.54, 1.807) is 10.6 Å². The third-order valence-corrected chi connectivity index (χ3v) is 6.84. The van der Waals surface area contributed by atoms with Gasteiger partial charge in [0.15, 0.2) is 0 Å². The summed E-state index contributed by atoms with van der Waals surface area (Å²) in [5.74, 6) is -0.310. The van der Waals surface area contributed by atoms with Crippen LogP contribution in [-0.2, 0) is 11.3 Å². The average Bonchev–Trinajstić information content (AvgIpc) is 2.93. The first-order valence-corrected chi connectivity index (χ1v) is 12.6. The van der Waals surface area contributed by atoms with E-state index >= 15 is 0 Å². The van der Waals surface area contributed by atoms with Gasteiger partial charge in [0, 0.05) is 36.1 Å². The molecule has 7 heteroatoms. The van der Waals surface area contributed by atoms with E-state index in [9.17, 15) is 14.4 Å². The summed E-state index contributed by atoms with van der Waals surface area (Å²) in [4.78, 5) is 42.1. The number of fused-ring (bicyclic) bond motifs is 1. The number of piperazine rings is 1. The Balaban J connectivity index is 1.70. The van der Waals surface area contributed by atoms with Crippen molar-refractivity contribution in [3.63, 3.8) is 0 Å². The van der Waals surface area contributed by atoms with Crippen LogP contribution in [0.25, 0.3) is 16.5 Å². The third-order valence-electron chi connectivity index (χ3n) is 6.84. The van der Waals surface area contributed by atoms with Gasteiger partial charge in [-0.3, -0.25) is 23.9 Å². The highest BCUT2D eigenvalue weighted by molar-refractivity contribution is 6.08. The first-order valence-electron chi connectivity index (χ1n) is 12.6. The topological polar surface area (TPSA) is 83.4 Å². The second-order valence-corrected chi connectivity index (χ2v) is 9.25. The molecule has 2 N–H and O–H groups in total. The molecule has 0 aliphatic carbocycles. The van der Waals surface area contributed by atoms with Gasteiger partial charge in [0.05, 0.1) is 23.8 Å². The van der Waals surface area contributed by atoms with Crippen molar-refractivity contribution in [3.05, 3.63) is 112 Å². The highest BCUT2D eigenvalue weighted by Gasteiger charge is 2.27.